The average molecular weight is 357 g/mol. The van der Waals surface area contributed by atoms with Crippen LogP contribution in [0.5, 0.6) is 11.5 Å². The Morgan fingerprint density at radius 3 is 2.60 bits per heavy atom. The van der Waals surface area contributed by atoms with Gasteiger partial charge >= 0.3 is 0 Å². The van der Waals surface area contributed by atoms with Gasteiger partial charge in [-0.25, -0.2) is 0 Å². The van der Waals surface area contributed by atoms with E-state index in [1.807, 2.05) is 12.1 Å². The van der Waals surface area contributed by atoms with Crippen LogP contribution < -0.4 is 14.8 Å². The highest BCUT2D eigenvalue weighted by molar-refractivity contribution is 7.99. The number of thioether (sulfide) groups is 1. The van der Waals surface area contributed by atoms with Gasteiger partial charge in [0.1, 0.15) is 0 Å². The Kier molecular flexibility index (Phi) is 5.28. The smallest absolute Gasteiger partial charge is 0.234 e. The van der Waals surface area contributed by atoms with Crippen molar-refractivity contribution in [2.75, 3.05) is 17.9 Å². The number of fused-ring (bicyclic) bond motifs is 1. The zero-order valence-electron chi connectivity index (χ0n) is 14.1. The molecule has 1 aliphatic rings. The summed E-state index contributed by atoms with van der Waals surface area (Å²) in [5.74, 6) is 1.84. The molecule has 0 aliphatic carbocycles. The molecule has 0 aromatic heterocycles. The number of amides is 1. The Bertz CT molecular complexity index is 819. The molecule has 1 heterocycles. The van der Waals surface area contributed by atoms with E-state index in [1.165, 1.54) is 29.8 Å². The monoisotopic (exact) mass is 357 g/mol. The fraction of sp³-hybridized carbons (Fsp3) is 0.263. The van der Waals surface area contributed by atoms with Crippen molar-refractivity contribution in [2.45, 2.75) is 19.6 Å². The largest absolute Gasteiger partial charge is 0.454 e. The first-order chi connectivity index (χ1) is 12.0. The summed E-state index contributed by atoms with van der Waals surface area (Å²) in [6.45, 7) is 3.64. The number of Topliss-reactive ketones (excluding diaryl/α,β-unsaturated/α-hetero) is 1. The molecule has 2 aromatic rings. The number of nitrogens with one attached hydrogen (secondary N) is 1. The van der Waals surface area contributed by atoms with Gasteiger partial charge in [-0.05, 0) is 31.0 Å². The highest BCUT2D eigenvalue weighted by Gasteiger charge is 2.20. The quantitative estimate of drug-likeness (QED) is 0.797. The van der Waals surface area contributed by atoms with Crippen LogP contribution in [0.15, 0.2) is 36.4 Å². The zero-order valence-corrected chi connectivity index (χ0v) is 14.9. The third kappa shape index (κ3) is 4.14. The molecular weight excluding hydrogens is 338 g/mol. The number of hydrogen-bond donors (Lipinski definition) is 1. The van der Waals surface area contributed by atoms with Crippen molar-refractivity contribution in [1.82, 2.24) is 0 Å². The highest BCUT2D eigenvalue weighted by atomic mass is 32.2. The van der Waals surface area contributed by atoms with Gasteiger partial charge in [-0.1, -0.05) is 24.3 Å². The van der Waals surface area contributed by atoms with Gasteiger partial charge in [-0.2, -0.15) is 0 Å². The van der Waals surface area contributed by atoms with Crippen molar-refractivity contribution in [3.63, 3.8) is 0 Å². The lowest BCUT2D eigenvalue weighted by Crippen LogP contribution is -2.16. The molecule has 0 fully saturated rings. The molecule has 6 heteroatoms. The van der Waals surface area contributed by atoms with E-state index in [0.717, 1.165) is 5.75 Å². The standard InChI is InChI=1S/C19H19NO4S/c1-12-5-3-4-6-14(12)9-25-10-19(22)20-16-8-18-17(23-11-24-18)7-15(16)13(2)21/h3-8H,9-11H2,1-2H3,(H,20,22). The summed E-state index contributed by atoms with van der Waals surface area (Å²) in [4.78, 5) is 24.1. The second-order valence-corrected chi connectivity index (χ2v) is 6.76. The van der Waals surface area contributed by atoms with E-state index in [1.54, 1.807) is 12.1 Å². The molecule has 0 bridgehead atoms. The zero-order chi connectivity index (χ0) is 17.8. The summed E-state index contributed by atoms with van der Waals surface area (Å²) in [6, 6.07) is 11.4. The minimum absolute atomic E-state index is 0.121. The number of rotatable bonds is 6. The van der Waals surface area contributed by atoms with Crippen molar-refractivity contribution in [1.29, 1.82) is 0 Å². The molecule has 130 valence electrons. The number of ether oxygens (including phenoxy) is 2. The van der Waals surface area contributed by atoms with Crippen molar-refractivity contribution >= 4 is 29.1 Å². The Morgan fingerprint density at radius 2 is 1.88 bits per heavy atom. The predicted octanol–water partition coefficient (Wildman–Crippen LogP) is 3.80. The maximum absolute atomic E-state index is 12.2. The van der Waals surface area contributed by atoms with Crippen LogP contribution in [-0.2, 0) is 10.5 Å². The number of benzene rings is 2. The normalized spacial score (nSPS) is 12.1. The van der Waals surface area contributed by atoms with E-state index in [0.29, 0.717) is 28.5 Å². The molecule has 0 saturated carbocycles. The van der Waals surface area contributed by atoms with Crippen LogP contribution in [0, 0.1) is 6.92 Å². The summed E-state index contributed by atoms with van der Waals surface area (Å²) in [7, 11) is 0. The summed E-state index contributed by atoms with van der Waals surface area (Å²) in [5.41, 5.74) is 3.30. The van der Waals surface area contributed by atoms with Crippen LogP contribution >= 0.6 is 11.8 Å². The first-order valence-corrected chi connectivity index (χ1v) is 9.07. The second kappa shape index (κ2) is 7.61. The maximum Gasteiger partial charge on any atom is 0.234 e. The van der Waals surface area contributed by atoms with Gasteiger partial charge < -0.3 is 14.8 Å². The molecule has 0 atom stereocenters. The lowest BCUT2D eigenvalue weighted by molar-refractivity contribution is -0.113. The molecule has 1 amide bonds. The van der Waals surface area contributed by atoms with E-state index in [2.05, 4.69) is 24.4 Å². The summed E-state index contributed by atoms with van der Waals surface area (Å²) < 4.78 is 10.6. The van der Waals surface area contributed by atoms with E-state index in [-0.39, 0.29) is 18.5 Å². The van der Waals surface area contributed by atoms with Crippen molar-refractivity contribution in [3.8, 4) is 11.5 Å². The Morgan fingerprint density at radius 1 is 1.16 bits per heavy atom. The highest BCUT2D eigenvalue weighted by Crippen LogP contribution is 2.37. The van der Waals surface area contributed by atoms with Crippen molar-refractivity contribution in [3.05, 3.63) is 53.1 Å². The lowest BCUT2D eigenvalue weighted by atomic mass is 10.1. The van der Waals surface area contributed by atoms with Gasteiger partial charge in [0.25, 0.3) is 0 Å². The minimum Gasteiger partial charge on any atom is -0.454 e. The Labute approximate surface area is 150 Å². The molecular formula is C19H19NO4S. The van der Waals surface area contributed by atoms with Crippen LogP contribution in [0.4, 0.5) is 5.69 Å². The van der Waals surface area contributed by atoms with Crippen LogP contribution in [0.1, 0.15) is 28.4 Å². The van der Waals surface area contributed by atoms with E-state index < -0.39 is 0 Å². The summed E-state index contributed by atoms with van der Waals surface area (Å²) >= 11 is 1.53. The maximum atomic E-state index is 12.2. The fourth-order valence-electron chi connectivity index (χ4n) is 2.55. The van der Waals surface area contributed by atoms with Gasteiger partial charge in [0.2, 0.25) is 12.7 Å². The number of hydrogen-bond acceptors (Lipinski definition) is 5. The van der Waals surface area contributed by atoms with Crippen LogP contribution in [-0.4, -0.2) is 24.2 Å². The second-order valence-electron chi connectivity index (χ2n) is 5.77. The van der Waals surface area contributed by atoms with Gasteiger partial charge in [-0.15, -0.1) is 11.8 Å². The number of carbonyl (C=O) groups excluding carboxylic acids is 2. The number of carbonyl (C=O) groups is 2. The number of ketones is 1. The first kappa shape index (κ1) is 17.4. The topological polar surface area (TPSA) is 64.6 Å². The SMILES string of the molecule is CC(=O)c1cc2c(cc1NC(=O)CSCc1ccccc1C)OCO2. The van der Waals surface area contributed by atoms with Gasteiger partial charge in [0, 0.05) is 17.4 Å². The molecule has 1 N–H and O–H groups in total. The van der Waals surface area contributed by atoms with Crippen molar-refractivity contribution < 1.29 is 19.1 Å². The third-order valence-corrected chi connectivity index (χ3v) is 4.90. The van der Waals surface area contributed by atoms with Gasteiger partial charge in [-0.3, -0.25) is 9.59 Å². The first-order valence-electron chi connectivity index (χ1n) is 7.91. The predicted molar refractivity (Wildman–Crippen MR) is 98.5 cm³/mol. The molecule has 3 rings (SSSR count). The van der Waals surface area contributed by atoms with Crippen molar-refractivity contribution in [2.24, 2.45) is 0 Å². The molecule has 0 unspecified atom stereocenters. The van der Waals surface area contributed by atoms with Crippen LogP contribution in [0.3, 0.4) is 0 Å². The van der Waals surface area contributed by atoms with Crippen LogP contribution in [0.2, 0.25) is 0 Å². The summed E-state index contributed by atoms with van der Waals surface area (Å²) in [6.07, 6.45) is 0. The summed E-state index contributed by atoms with van der Waals surface area (Å²) in [5, 5.41) is 2.81. The molecule has 5 nitrogen and oxygen atoms in total. The number of anilines is 1. The third-order valence-electron chi connectivity index (χ3n) is 3.92. The molecule has 0 saturated heterocycles. The minimum atomic E-state index is -0.153. The molecule has 25 heavy (non-hydrogen) atoms. The van der Waals surface area contributed by atoms with E-state index >= 15 is 0 Å². The lowest BCUT2D eigenvalue weighted by Gasteiger charge is -2.11. The van der Waals surface area contributed by atoms with Gasteiger partial charge in [0.05, 0.1) is 11.4 Å². The fourth-order valence-corrected chi connectivity index (χ4v) is 3.45. The van der Waals surface area contributed by atoms with Gasteiger partial charge in [0.15, 0.2) is 17.3 Å². The Balaban J connectivity index is 1.63. The molecule has 0 spiro atoms. The molecule has 1 aliphatic heterocycles. The van der Waals surface area contributed by atoms with E-state index in [4.69, 9.17) is 9.47 Å². The molecule has 2 aromatic carbocycles. The average Bonchev–Trinajstić information content (AvgIpc) is 3.03. The van der Waals surface area contributed by atoms with E-state index in [9.17, 15) is 9.59 Å². The number of aryl methyl sites for hydroxylation is 1. The Hall–Kier alpha value is -2.47. The molecule has 0 radical (unpaired) electrons. The van der Waals surface area contributed by atoms with Crippen LogP contribution in [0.25, 0.3) is 0 Å².